The van der Waals surface area contributed by atoms with Crippen LogP contribution in [-0.4, -0.2) is 63.6 Å². The number of nitrogens with one attached hydrogen (secondary N) is 1. The Balaban J connectivity index is 1.50. The Labute approximate surface area is 264 Å². The van der Waals surface area contributed by atoms with Crippen molar-refractivity contribution in [3.8, 4) is 23.0 Å². The summed E-state index contributed by atoms with van der Waals surface area (Å²) in [4.78, 5) is 42.0. The highest BCUT2D eigenvalue weighted by atomic mass is 16.6. The van der Waals surface area contributed by atoms with Crippen LogP contribution in [-0.2, 0) is 15.1 Å². The number of benzene rings is 3. The first-order valence-electron chi connectivity index (χ1n) is 14.8. The number of phenols is 2. The third-order valence-corrected chi connectivity index (χ3v) is 9.28. The summed E-state index contributed by atoms with van der Waals surface area (Å²) < 4.78 is 10.5. The zero-order valence-corrected chi connectivity index (χ0v) is 25.2. The number of ketones is 1. The van der Waals surface area contributed by atoms with E-state index in [4.69, 9.17) is 9.47 Å². The number of carbonyl (C=O) groups is 2. The molecule has 2 saturated heterocycles. The Morgan fingerprint density at radius 3 is 2.48 bits per heavy atom. The lowest BCUT2D eigenvalue weighted by Gasteiger charge is -2.41. The van der Waals surface area contributed by atoms with E-state index >= 15 is 0 Å². The molecule has 1 spiro atoms. The molecule has 0 aromatic heterocycles. The van der Waals surface area contributed by atoms with Crippen molar-refractivity contribution >= 4 is 29.1 Å². The molecule has 0 aliphatic carbocycles. The molecule has 2 fully saturated rings. The predicted octanol–water partition coefficient (Wildman–Crippen LogP) is 5.16. The number of phenolic OH excluding ortho intramolecular Hbond substituents is 2. The van der Waals surface area contributed by atoms with Gasteiger partial charge >= 0.3 is 0 Å². The summed E-state index contributed by atoms with van der Waals surface area (Å²) in [5.41, 5.74) is 0.284. The fraction of sp³-hybridized carbons (Fsp3) is 0.294. The minimum atomic E-state index is -1.49. The zero-order chi connectivity index (χ0) is 32.7. The molecule has 3 aliphatic rings. The minimum absolute atomic E-state index is 0.0402. The van der Waals surface area contributed by atoms with Crippen LogP contribution < -0.4 is 14.8 Å². The van der Waals surface area contributed by atoms with E-state index in [1.165, 1.54) is 50.6 Å². The summed E-state index contributed by atoms with van der Waals surface area (Å²) in [5.74, 6) is -2.65. The van der Waals surface area contributed by atoms with E-state index in [1.807, 2.05) is 4.90 Å². The van der Waals surface area contributed by atoms with E-state index in [0.29, 0.717) is 35.3 Å². The second kappa shape index (κ2) is 11.9. The van der Waals surface area contributed by atoms with Crippen molar-refractivity contribution in [1.82, 2.24) is 4.90 Å². The summed E-state index contributed by atoms with van der Waals surface area (Å²) in [7, 11) is 2.82. The Morgan fingerprint density at radius 2 is 1.76 bits per heavy atom. The molecule has 4 atom stereocenters. The molecule has 0 bridgehead atoms. The van der Waals surface area contributed by atoms with Gasteiger partial charge in [-0.2, -0.15) is 0 Å². The van der Waals surface area contributed by atoms with E-state index < -0.39 is 40.0 Å². The molecule has 12 nitrogen and oxygen atoms in total. The van der Waals surface area contributed by atoms with Crippen molar-refractivity contribution in [2.45, 2.75) is 36.8 Å². The number of aliphatic hydroxyl groups excluding tert-OH is 1. The molecule has 3 heterocycles. The molecule has 12 heteroatoms. The third kappa shape index (κ3) is 4.91. The average molecular weight is 628 g/mol. The van der Waals surface area contributed by atoms with Crippen molar-refractivity contribution in [3.05, 3.63) is 99.3 Å². The number of carbonyl (C=O) groups excluding carboxylic acids is 2. The van der Waals surface area contributed by atoms with Crippen molar-refractivity contribution in [3.63, 3.8) is 0 Å². The van der Waals surface area contributed by atoms with Gasteiger partial charge < -0.3 is 30.1 Å². The minimum Gasteiger partial charge on any atom is -0.508 e. The molecular formula is C34H33N3O9. The van der Waals surface area contributed by atoms with Gasteiger partial charge in [-0.05, 0) is 66.9 Å². The van der Waals surface area contributed by atoms with E-state index in [-0.39, 0.29) is 34.4 Å². The van der Waals surface area contributed by atoms with Crippen LogP contribution >= 0.6 is 0 Å². The van der Waals surface area contributed by atoms with Crippen LogP contribution in [0.25, 0.3) is 6.08 Å². The van der Waals surface area contributed by atoms with Gasteiger partial charge in [-0.15, -0.1) is 0 Å². The number of ether oxygens (including phenoxy) is 2. The van der Waals surface area contributed by atoms with E-state index in [0.717, 1.165) is 18.9 Å². The number of non-ortho nitro benzene ring substituents is 1. The van der Waals surface area contributed by atoms with Gasteiger partial charge in [0.1, 0.15) is 11.3 Å². The number of anilines is 1. The number of amides is 1. The molecule has 4 unspecified atom stereocenters. The number of rotatable bonds is 8. The molecule has 3 aromatic carbocycles. The van der Waals surface area contributed by atoms with Gasteiger partial charge in [0.05, 0.1) is 19.1 Å². The number of aromatic hydroxyl groups is 2. The Hall–Kier alpha value is -5.36. The molecule has 6 rings (SSSR count). The predicted molar refractivity (Wildman–Crippen MR) is 168 cm³/mol. The van der Waals surface area contributed by atoms with Gasteiger partial charge in [0.2, 0.25) is 5.91 Å². The molecule has 0 radical (unpaired) electrons. The zero-order valence-electron chi connectivity index (χ0n) is 25.2. The van der Waals surface area contributed by atoms with Crippen molar-refractivity contribution in [2.75, 3.05) is 26.1 Å². The summed E-state index contributed by atoms with van der Waals surface area (Å²) in [6.45, 7) is 0.466. The van der Waals surface area contributed by atoms with Gasteiger partial charge in [0, 0.05) is 47.3 Å². The lowest BCUT2D eigenvalue weighted by Crippen LogP contribution is -2.53. The Bertz CT molecular complexity index is 1800. The molecular weight excluding hydrogens is 594 g/mol. The Morgan fingerprint density at radius 1 is 1.04 bits per heavy atom. The number of nitro groups is 1. The smallest absolute Gasteiger partial charge is 0.269 e. The standard InChI is InChI=1S/C34H33N3O9/c1-45-29-15-19(7-12-26(29)39)6-10-22(38)18-28(41)31-25-5-3-4-14-36(25)34(32(31)20-8-13-27(40)30(16-20)46-2)23-17-21(37(43)44)9-11-24(23)35-33(34)42/h6-13,15-18,25,31-32,38-40H,3-5,14H2,1-2H3,(H,35,42)/b10-6+,22-18-. The summed E-state index contributed by atoms with van der Waals surface area (Å²) in [6.07, 6.45) is 6.19. The van der Waals surface area contributed by atoms with Crippen LogP contribution in [0.4, 0.5) is 11.4 Å². The maximum absolute atomic E-state index is 14.3. The van der Waals surface area contributed by atoms with Gasteiger partial charge in [-0.3, -0.25) is 24.6 Å². The number of aliphatic hydroxyl groups is 1. The second-order valence-corrected chi connectivity index (χ2v) is 11.6. The molecule has 46 heavy (non-hydrogen) atoms. The molecule has 4 N–H and O–H groups in total. The quantitative estimate of drug-likeness (QED) is 0.0859. The molecule has 3 aliphatic heterocycles. The van der Waals surface area contributed by atoms with E-state index in [9.17, 15) is 35.0 Å². The molecule has 1 amide bonds. The fourth-order valence-corrected chi connectivity index (χ4v) is 7.39. The molecule has 3 aromatic rings. The maximum Gasteiger partial charge on any atom is 0.269 e. The summed E-state index contributed by atoms with van der Waals surface area (Å²) in [6, 6.07) is 13.1. The average Bonchev–Trinajstić information content (AvgIpc) is 3.52. The van der Waals surface area contributed by atoms with Gasteiger partial charge in [0.25, 0.3) is 5.69 Å². The summed E-state index contributed by atoms with van der Waals surface area (Å²) >= 11 is 0. The van der Waals surface area contributed by atoms with Crippen LogP contribution in [0.5, 0.6) is 23.0 Å². The van der Waals surface area contributed by atoms with Crippen LogP contribution in [0, 0.1) is 16.0 Å². The lowest BCUT2D eigenvalue weighted by molar-refractivity contribution is -0.385. The third-order valence-electron chi connectivity index (χ3n) is 9.28. The van der Waals surface area contributed by atoms with Crippen molar-refractivity contribution < 1.29 is 39.3 Å². The number of piperidine rings is 1. The van der Waals surface area contributed by atoms with Crippen LogP contribution in [0.2, 0.25) is 0 Å². The molecule has 238 valence electrons. The Kier molecular flexibility index (Phi) is 7.90. The van der Waals surface area contributed by atoms with Crippen LogP contribution in [0.15, 0.2) is 72.5 Å². The van der Waals surface area contributed by atoms with Gasteiger partial charge in [-0.1, -0.05) is 24.6 Å². The first kappa shape index (κ1) is 30.7. The largest absolute Gasteiger partial charge is 0.508 e. The number of hydrogen-bond acceptors (Lipinski definition) is 10. The van der Waals surface area contributed by atoms with Crippen LogP contribution in [0.1, 0.15) is 41.9 Å². The first-order valence-corrected chi connectivity index (χ1v) is 14.8. The van der Waals surface area contributed by atoms with Crippen molar-refractivity contribution in [2.24, 2.45) is 5.92 Å². The number of nitro benzene ring substituents is 1. The maximum atomic E-state index is 14.3. The molecule has 0 saturated carbocycles. The monoisotopic (exact) mass is 627 g/mol. The fourth-order valence-electron chi connectivity index (χ4n) is 7.39. The number of fused-ring (bicyclic) bond motifs is 4. The number of allylic oxidation sites excluding steroid dienone is 2. The number of methoxy groups -OCH3 is 2. The number of nitrogens with zero attached hydrogens (tertiary/aromatic N) is 2. The van der Waals surface area contributed by atoms with Crippen LogP contribution in [0.3, 0.4) is 0 Å². The lowest BCUT2D eigenvalue weighted by atomic mass is 9.69. The van der Waals surface area contributed by atoms with E-state index in [2.05, 4.69) is 5.32 Å². The highest BCUT2D eigenvalue weighted by Gasteiger charge is 2.68. The number of hydrogen-bond donors (Lipinski definition) is 4. The van der Waals surface area contributed by atoms with Crippen molar-refractivity contribution in [1.29, 1.82) is 0 Å². The highest BCUT2D eigenvalue weighted by Crippen LogP contribution is 2.61. The van der Waals surface area contributed by atoms with Gasteiger partial charge in [0.15, 0.2) is 28.8 Å². The normalized spacial score (nSPS) is 24.1. The van der Waals surface area contributed by atoms with E-state index in [1.54, 1.807) is 30.3 Å². The first-order chi connectivity index (χ1) is 22.1. The summed E-state index contributed by atoms with van der Waals surface area (Å²) in [5, 5.41) is 46.0. The topological polar surface area (TPSA) is 172 Å². The highest BCUT2D eigenvalue weighted by molar-refractivity contribution is 6.09. The second-order valence-electron chi connectivity index (χ2n) is 11.6. The SMILES string of the molecule is COc1cc(/C=C/C(O)=C/C(=O)C2C3CCCCN3C3(C(=O)Nc4ccc([N+](=O)[O-])cc43)C2c2ccc(O)c(OC)c2)ccc1O. The van der Waals surface area contributed by atoms with Gasteiger partial charge in [-0.25, -0.2) is 0 Å².